The quantitative estimate of drug-likeness (QED) is 0.781. The standard InChI is InChI=1S/C18H20ClN3O3S/c1-2-26-16-4-3-13(19)9-15(16)17(23)21-7-5-14(6-8-21)22-11-12(10-20-22)18(24)25/h3-4,9-11,14H,2,5-8H2,1H3,(H,24,25). The molecule has 0 saturated carbocycles. The van der Waals surface area contributed by atoms with Crippen molar-refractivity contribution in [3.8, 4) is 0 Å². The van der Waals surface area contributed by atoms with E-state index in [1.807, 2.05) is 11.0 Å². The van der Waals surface area contributed by atoms with Gasteiger partial charge in [0.1, 0.15) is 0 Å². The van der Waals surface area contributed by atoms with E-state index in [1.54, 1.807) is 34.8 Å². The molecule has 0 aliphatic carbocycles. The molecule has 0 atom stereocenters. The molecule has 2 aromatic rings. The van der Waals surface area contributed by atoms with Gasteiger partial charge in [-0.3, -0.25) is 9.48 Å². The lowest BCUT2D eigenvalue weighted by Crippen LogP contribution is -2.39. The Balaban J connectivity index is 1.68. The van der Waals surface area contributed by atoms with Gasteiger partial charge in [0.25, 0.3) is 5.91 Å². The Labute approximate surface area is 161 Å². The zero-order valence-electron chi connectivity index (χ0n) is 14.4. The molecule has 138 valence electrons. The van der Waals surface area contributed by atoms with Crippen molar-refractivity contribution in [1.29, 1.82) is 0 Å². The van der Waals surface area contributed by atoms with Crippen LogP contribution in [0.25, 0.3) is 0 Å². The smallest absolute Gasteiger partial charge is 0.338 e. The number of rotatable bonds is 5. The van der Waals surface area contributed by atoms with Gasteiger partial charge in [0.05, 0.1) is 23.4 Å². The number of carbonyl (C=O) groups is 2. The molecule has 1 aromatic carbocycles. The molecule has 1 aliphatic heterocycles. The van der Waals surface area contributed by atoms with E-state index < -0.39 is 5.97 Å². The van der Waals surface area contributed by atoms with Crippen LogP contribution in [0.5, 0.6) is 0 Å². The van der Waals surface area contributed by atoms with Crippen molar-refractivity contribution >= 4 is 35.2 Å². The van der Waals surface area contributed by atoms with E-state index >= 15 is 0 Å². The summed E-state index contributed by atoms with van der Waals surface area (Å²) in [6, 6.07) is 5.55. The van der Waals surface area contributed by atoms with Crippen LogP contribution in [0.2, 0.25) is 5.02 Å². The molecular weight excluding hydrogens is 374 g/mol. The summed E-state index contributed by atoms with van der Waals surface area (Å²) in [4.78, 5) is 26.7. The van der Waals surface area contributed by atoms with E-state index in [1.165, 1.54) is 6.20 Å². The number of likely N-dealkylation sites (tertiary alicyclic amines) is 1. The van der Waals surface area contributed by atoms with Crippen LogP contribution in [0.15, 0.2) is 35.5 Å². The van der Waals surface area contributed by atoms with Crippen molar-refractivity contribution in [2.24, 2.45) is 0 Å². The van der Waals surface area contributed by atoms with E-state index in [2.05, 4.69) is 12.0 Å². The number of hydrogen-bond acceptors (Lipinski definition) is 4. The Kier molecular flexibility index (Phi) is 5.88. The maximum Gasteiger partial charge on any atom is 0.338 e. The van der Waals surface area contributed by atoms with Gasteiger partial charge in [0, 0.05) is 29.2 Å². The Bertz CT molecular complexity index is 816. The molecular formula is C18H20ClN3O3S. The predicted molar refractivity (Wildman–Crippen MR) is 101 cm³/mol. The van der Waals surface area contributed by atoms with Crippen LogP contribution in [0.4, 0.5) is 0 Å². The lowest BCUT2D eigenvalue weighted by molar-refractivity contribution is 0.0685. The lowest BCUT2D eigenvalue weighted by Gasteiger charge is -2.32. The van der Waals surface area contributed by atoms with Crippen LogP contribution in [-0.4, -0.2) is 50.5 Å². The fourth-order valence-electron chi connectivity index (χ4n) is 3.10. The SMILES string of the molecule is CCSc1ccc(Cl)cc1C(=O)N1CCC(n2cc(C(=O)O)cn2)CC1. The Morgan fingerprint density at radius 1 is 1.35 bits per heavy atom. The maximum absolute atomic E-state index is 12.9. The number of hydrogen-bond donors (Lipinski definition) is 1. The molecule has 0 bridgehead atoms. The van der Waals surface area contributed by atoms with E-state index in [4.69, 9.17) is 16.7 Å². The van der Waals surface area contributed by atoms with Gasteiger partial charge in [-0.25, -0.2) is 4.79 Å². The Morgan fingerprint density at radius 3 is 2.69 bits per heavy atom. The van der Waals surface area contributed by atoms with Crippen LogP contribution in [0.3, 0.4) is 0 Å². The summed E-state index contributed by atoms with van der Waals surface area (Å²) >= 11 is 7.72. The molecule has 1 N–H and O–H groups in total. The number of aromatic carboxylic acids is 1. The summed E-state index contributed by atoms with van der Waals surface area (Å²) in [5.41, 5.74) is 0.832. The third kappa shape index (κ3) is 4.04. The van der Waals surface area contributed by atoms with Crippen LogP contribution in [-0.2, 0) is 0 Å². The summed E-state index contributed by atoms with van der Waals surface area (Å²) < 4.78 is 1.70. The van der Waals surface area contributed by atoms with Gasteiger partial charge in [-0.1, -0.05) is 18.5 Å². The molecule has 1 amide bonds. The minimum absolute atomic E-state index is 0.00593. The first-order valence-corrected chi connectivity index (χ1v) is 9.85. The number of benzene rings is 1. The molecule has 3 rings (SSSR count). The van der Waals surface area contributed by atoms with Crippen molar-refractivity contribution in [2.45, 2.75) is 30.7 Å². The minimum Gasteiger partial charge on any atom is -0.478 e. The summed E-state index contributed by atoms with van der Waals surface area (Å²) in [5, 5.41) is 13.7. The van der Waals surface area contributed by atoms with E-state index in [-0.39, 0.29) is 17.5 Å². The summed E-state index contributed by atoms with van der Waals surface area (Å²) in [7, 11) is 0. The fraction of sp³-hybridized carbons (Fsp3) is 0.389. The monoisotopic (exact) mass is 393 g/mol. The molecule has 0 spiro atoms. The topological polar surface area (TPSA) is 75.4 Å². The maximum atomic E-state index is 12.9. The van der Waals surface area contributed by atoms with Gasteiger partial charge in [-0.05, 0) is 36.8 Å². The van der Waals surface area contributed by atoms with Gasteiger partial charge < -0.3 is 10.0 Å². The second kappa shape index (κ2) is 8.14. The molecule has 2 heterocycles. The molecule has 0 radical (unpaired) electrons. The van der Waals surface area contributed by atoms with Gasteiger partial charge >= 0.3 is 5.97 Å². The molecule has 1 fully saturated rings. The van der Waals surface area contributed by atoms with Crippen molar-refractivity contribution < 1.29 is 14.7 Å². The average Bonchev–Trinajstić information content (AvgIpc) is 3.13. The largest absolute Gasteiger partial charge is 0.478 e. The van der Waals surface area contributed by atoms with Gasteiger partial charge in [0.2, 0.25) is 0 Å². The Hall–Kier alpha value is -1.99. The number of thioether (sulfide) groups is 1. The second-order valence-electron chi connectivity index (χ2n) is 6.11. The van der Waals surface area contributed by atoms with Crippen molar-refractivity contribution in [3.63, 3.8) is 0 Å². The molecule has 6 nitrogen and oxygen atoms in total. The Morgan fingerprint density at radius 2 is 2.08 bits per heavy atom. The molecule has 0 unspecified atom stereocenters. The molecule has 26 heavy (non-hydrogen) atoms. The highest BCUT2D eigenvalue weighted by molar-refractivity contribution is 7.99. The first kappa shape index (κ1) is 18.8. The summed E-state index contributed by atoms with van der Waals surface area (Å²) in [5.74, 6) is -0.103. The third-order valence-electron chi connectivity index (χ3n) is 4.45. The predicted octanol–water partition coefficient (Wildman–Crippen LogP) is 3.82. The highest BCUT2D eigenvalue weighted by Gasteiger charge is 2.26. The first-order valence-electron chi connectivity index (χ1n) is 8.48. The van der Waals surface area contributed by atoms with Gasteiger partial charge in [-0.2, -0.15) is 5.10 Å². The van der Waals surface area contributed by atoms with Crippen molar-refractivity contribution in [2.75, 3.05) is 18.8 Å². The van der Waals surface area contributed by atoms with Crippen molar-refractivity contribution in [1.82, 2.24) is 14.7 Å². The van der Waals surface area contributed by atoms with E-state index in [0.29, 0.717) is 23.7 Å². The average molecular weight is 394 g/mol. The normalized spacial score (nSPS) is 15.2. The number of aromatic nitrogens is 2. The summed E-state index contributed by atoms with van der Waals surface area (Å²) in [6.07, 6.45) is 4.39. The zero-order chi connectivity index (χ0) is 18.7. The van der Waals surface area contributed by atoms with Crippen LogP contribution in [0, 0.1) is 0 Å². The number of amides is 1. The lowest BCUT2D eigenvalue weighted by atomic mass is 10.0. The number of carbonyl (C=O) groups excluding carboxylic acids is 1. The van der Waals surface area contributed by atoms with Crippen LogP contribution >= 0.6 is 23.4 Å². The first-order chi connectivity index (χ1) is 12.5. The molecule has 1 aromatic heterocycles. The van der Waals surface area contributed by atoms with Crippen LogP contribution in [0.1, 0.15) is 46.5 Å². The summed E-state index contributed by atoms with van der Waals surface area (Å²) in [6.45, 7) is 3.26. The van der Waals surface area contributed by atoms with Gasteiger partial charge in [-0.15, -0.1) is 11.8 Å². The number of halogens is 1. The highest BCUT2D eigenvalue weighted by atomic mass is 35.5. The van der Waals surface area contributed by atoms with Crippen molar-refractivity contribution in [3.05, 3.63) is 46.7 Å². The van der Waals surface area contributed by atoms with Gasteiger partial charge in [0.15, 0.2) is 0 Å². The molecule has 8 heteroatoms. The zero-order valence-corrected chi connectivity index (χ0v) is 16.0. The van der Waals surface area contributed by atoms with Crippen LogP contribution < -0.4 is 0 Å². The number of carboxylic acids is 1. The molecule has 1 aliphatic rings. The third-order valence-corrected chi connectivity index (χ3v) is 5.64. The molecule has 1 saturated heterocycles. The fourth-order valence-corrected chi connectivity index (χ4v) is 4.05. The highest BCUT2D eigenvalue weighted by Crippen LogP contribution is 2.29. The minimum atomic E-state index is -0.981. The number of nitrogens with zero attached hydrogens (tertiary/aromatic N) is 3. The number of carboxylic acid groups (broad SMARTS) is 1. The second-order valence-corrected chi connectivity index (χ2v) is 7.85. The van der Waals surface area contributed by atoms with E-state index in [0.717, 1.165) is 23.5 Å². The van der Waals surface area contributed by atoms with E-state index in [9.17, 15) is 9.59 Å². The number of piperidine rings is 1.